The highest BCUT2D eigenvalue weighted by atomic mass is 79.9. The monoisotopic (exact) mass is 367 g/mol. The van der Waals surface area contributed by atoms with Crippen molar-refractivity contribution in [1.29, 1.82) is 0 Å². The van der Waals surface area contributed by atoms with E-state index in [2.05, 4.69) is 20.7 Å². The molecule has 0 aromatic heterocycles. The fourth-order valence-electron chi connectivity index (χ4n) is 1.47. The van der Waals surface area contributed by atoms with Gasteiger partial charge in [-0.3, -0.25) is 4.79 Å². The van der Waals surface area contributed by atoms with Gasteiger partial charge < -0.3 is 5.11 Å². The van der Waals surface area contributed by atoms with Crippen LogP contribution in [0.4, 0.5) is 4.39 Å². The van der Waals surface area contributed by atoms with E-state index in [1.165, 1.54) is 12.1 Å². The second kappa shape index (κ2) is 7.14. The second-order valence-electron chi connectivity index (χ2n) is 4.36. The number of benzene rings is 1. The van der Waals surface area contributed by atoms with E-state index in [0.717, 1.165) is 6.07 Å². The van der Waals surface area contributed by atoms with E-state index in [-0.39, 0.29) is 15.9 Å². The van der Waals surface area contributed by atoms with Gasteiger partial charge in [-0.1, -0.05) is 6.92 Å². The van der Waals surface area contributed by atoms with E-state index in [0.29, 0.717) is 12.8 Å². The molecule has 0 bridgehead atoms. The van der Waals surface area contributed by atoms with Crippen LogP contribution in [0.25, 0.3) is 0 Å². The molecular weight excluding hydrogens is 353 g/mol. The number of carboxylic acids is 1. The van der Waals surface area contributed by atoms with Gasteiger partial charge in [0.2, 0.25) is 10.0 Å². The fraction of sp³-hybridized carbons (Fsp3) is 0.417. The van der Waals surface area contributed by atoms with E-state index < -0.39 is 27.7 Å². The van der Waals surface area contributed by atoms with E-state index in [9.17, 15) is 17.6 Å². The van der Waals surface area contributed by atoms with Crippen LogP contribution < -0.4 is 4.72 Å². The summed E-state index contributed by atoms with van der Waals surface area (Å²) in [5.74, 6) is -2.10. The number of nitrogens with one attached hydrogen (secondary N) is 1. The summed E-state index contributed by atoms with van der Waals surface area (Å²) in [6.07, 6.45) is 0.762. The Hall–Kier alpha value is -0.990. The number of carboxylic acid groups (broad SMARTS) is 1. The maximum Gasteiger partial charge on any atom is 0.306 e. The Bertz CT molecular complexity index is 591. The molecule has 5 nitrogen and oxygen atoms in total. The molecule has 1 aromatic rings. The number of hydrogen-bond donors (Lipinski definition) is 2. The predicted molar refractivity (Wildman–Crippen MR) is 75.3 cm³/mol. The second-order valence-corrected chi connectivity index (χ2v) is 6.98. The minimum atomic E-state index is -3.78. The maximum atomic E-state index is 13.3. The number of halogens is 2. The van der Waals surface area contributed by atoms with Crippen LogP contribution in [0.15, 0.2) is 27.6 Å². The number of sulfonamides is 1. The molecule has 112 valence electrons. The van der Waals surface area contributed by atoms with Crippen LogP contribution in [-0.4, -0.2) is 26.0 Å². The van der Waals surface area contributed by atoms with Crippen molar-refractivity contribution < 1.29 is 22.7 Å². The van der Waals surface area contributed by atoms with Gasteiger partial charge in [0.1, 0.15) is 5.82 Å². The summed E-state index contributed by atoms with van der Waals surface area (Å²) >= 11 is 2.94. The van der Waals surface area contributed by atoms with Crippen molar-refractivity contribution in [3.63, 3.8) is 0 Å². The first-order chi connectivity index (χ1) is 9.24. The van der Waals surface area contributed by atoms with Gasteiger partial charge in [0.25, 0.3) is 0 Å². The molecule has 0 spiro atoms. The summed E-state index contributed by atoms with van der Waals surface area (Å²) in [6.45, 7) is 1.67. The molecule has 0 aliphatic heterocycles. The summed E-state index contributed by atoms with van der Waals surface area (Å²) in [6, 6.07) is 3.53. The van der Waals surface area contributed by atoms with Crippen LogP contribution in [0.5, 0.6) is 0 Å². The lowest BCUT2D eigenvalue weighted by molar-refractivity contribution is -0.141. The van der Waals surface area contributed by atoms with Gasteiger partial charge in [0.05, 0.1) is 15.3 Å². The average molecular weight is 368 g/mol. The van der Waals surface area contributed by atoms with Crippen molar-refractivity contribution in [3.05, 3.63) is 28.5 Å². The topological polar surface area (TPSA) is 83.5 Å². The predicted octanol–water partition coefficient (Wildman–Crippen LogP) is 2.37. The summed E-state index contributed by atoms with van der Waals surface area (Å²) in [5, 5.41) is 8.69. The average Bonchev–Trinajstić information content (AvgIpc) is 2.37. The van der Waals surface area contributed by atoms with Crippen molar-refractivity contribution in [3.8, 4) is 0 Å². The Labute approximate surface area is 125 Å². The van der Waals surface area contributed by atoms with Gasteiger partial charge in [-0.15, -0.1) is 0 Å². The van der Waals surface area contributed by atoms with E-state index >= 15 is 0 Å². The third kappa shape index (κ3) is 4.84. The first-order valence-corrected chi connectivity index (χ1v) is 8.19. The molecule has 0 saturated heterocycles. The minimum absolute atomic E-state index is 0.109. The van der Waals surface area contributed by atoms with Crippen LogP contribution in [0.3, 0.4) is 0 Å². The van der Waals surface area contributed by atoms with Crippen molar-refractivity contribution in [2.45, 2.75) is 24.7 Å². The number of hydrogen-bond acceptors (Lipinski definition) is 3. The van der Waals surface area contributed by atoms with Crippen molar-refractivity contribution >= 4 is 31.9 Å². The normalized spacial score (nSPS) is 13.2. The van der Waals surface area contributed by atoms with Crippen molar-refractivity contribution in [2.75, 3.05) is 6.54 Å². The Morgan fingerprint density at radius 3 is 2.70 bits per heavy atom. The molecule has 2 N–H and O–H groups in total. The van der Waals surface area contributed by atoms with Crippen molar-refractivity contribution in [2.24, 2.45) is 5.92 Å². The maximum absolute atomic E-state index is 13.3. The highest BCUT2D eigenvalue weighted by Gasteiger charge is 2.16. The molecule has 0 fully saturated rings. The molecule has 0 saturated carbocycles. The molecule has 0 aliphatic rings. The van der Waals surface area contributed by atoms with E-state index in [4.69, 9.17) is 5.11 Å². The summed E-state index contributed by atoms with van der Waals surface area (Å²) < 4.78 is 39.5. The molecule has 1 atom stereocenters. The summed E-state index contributed by atoms with van der Waals surface area (Å²) in [4.78, 5) is 10.4. The summed E-state index contributed by atoms with van der Waals surface area (Å²) in [7, 11) is -3.78. The molecule has 1 unspecified atom stereocenters. The first-order valence-electron chi connectivity index (χ1n) is 5.91. The van der Waals surface area contributed by atoms with Crippen molar-refractivity contribution in [1.82, 2.24) is 4.72 Å². The quantitative estimate of drug-likeness (QED) is 0.724. The molecule has 1 aromatic carbocycles. The van der Waals surface area contributed by atoms with Gasteiger partial charge in [0.15, 0.2) is 0 Å². The molecule has 1 rings (SSSR count). The standard InChI is InChI=1S/C12H15BrFNO4S/c1-8(12(16)17)3-2-6-15-20(18,19)9-4-5-10(13)11(14)7-9/h4-5,7-8,15H,2-3,6H2,1H3,(H,16,17). The van der Waals surface area contributed by atoms with Gasteiger partial charge in [0, 0.05) is 6.54 Å². The minimum Gasteiger partial charge on any atom is -0.481 e. The fourth-order valence-corrected chi connectivity index (χ4v) is 2.80. The molecular formula is C12H15BrFNO4S. The zero-order valence-corrected chi connectivity index (χ0v) is 13.2. The van der Waals surface area contributed by atoms with Gasteiger partial charge in [-0.25, -0.2) is 17.5 Å². The number of carbonyl (C=O) groups is 1. The van der Waals surface area contributed by atoms with Gasteiger partial charge in [-0.2, -0.15) is 0 Å². The SMILES string of the molecule is CC(CCCNS(=O)(=O)c1ccc(Br)c(F)c1)C(=O)O. The third-order valence-corrected chi connectivity index (χ3v) is 4.83. The Morgan fingerprint density at radius 1 is 1.50 bits per heavy atom. The lowest BCUT2D eigenvalue weighted by Gasteiger charge is -2.08. The molecule has 0 radical (unpaired) electrons. The van der Waals surface area contributed by atoms with Crippen LogP contribution in [0, 0.1) is 11.7 Å². The number of aliphatic carboxylic acids is 1. The Kier molecular flexibility index (Phi) is 6.09. The Balaban J connectivity index is 2.58. The third-order valence-electron chi connectivity index (χ3n) is 2.73. The molecule has 8 heteroatoms. The van der Waals surface area contributed by atoms with Gasteiger partial charge in [-0.05, 0) is 47.0 Å². The zero-order valence-electron chi connectivity index (χ0n) is 10.8. The largest absolute Gasteiger partial charge is 0.481 e. The lowest BCUT2D eigenvalue weighted by atomic mass is 10.1. The molecule has 0 heterocycles. The number of rotatable bonds is 7. The zero-order chi connectivity index (χ0) is 15.3. The molecule has 20 heavy (non-hydrogen) atoms. The van der Waals surface area contributed by atoms with Gasteiger partial charge >= 0.3 is 5.97 Å². The molecule has 0 aliphatic carbocycles. The first kappa shape index (κ1) is 17.1. The lowest BCUT2D eigenvalue weighted by Crippen LogP contribution is -2.25. The molecule has 0 amide bonds. The van der Waals surface area contributed by atoms with E-state index in [1.807, 2.05) is 0 Å². The van der Waals surface area contributed by atoms with Crippen LogP contribution in [0.1, 0.15) is 19.8 Å². The van der Waals surface area contributed by atoms with Crippen LogP contribution >= 0.6 is 15.9 Å². The highest BCUT2D eigenvalue weighted by molar-refractivity contribution is 9.10. The van der Waals surface area contributed by atoms with Crippen LogP contribution in [-0.2, 0) is 14.8 Å². The van der Waals surface area contributed by atoms with Crippen LogP contribution in [0.2, 0.25) is 0 Å². The highest BCUT2D eigenvalue weighted by Crippen LogP contribution is 2.19. The smallest absolute Gasteiger partial charge is 0.306 e. The summed E-state index contributed by atoms with van der Waals surface area (Å²) in [5.41, 5.74) is 0. The van der Waals surface area contributed by atoms with E-state index in [1.54, 1.807) is 6.92 Å². The Morgan fingerprint density at radius 2 is 2.15 bits per heavy atom.